The molecular formula is C9H12O. The summed E-state index contributed by atoms with van der Waals surface area (Å²) in [6.45, 7) is 1.69. The lowest BCUT2D eigenvalue weighted by Gasteiger charge is -2.11. The highest BCUT2D eigenvalue weighted by Gasteiger charge is 2.39. The van der Waals surface area contributed by atoms with Crippen molar-refractivity contribution in [2.45, 2.75) is 19.8 Å². The molecule has 10 heavy (non-hydrogen) atoms. The molecule has 3 atom stereocenters. The van der Waals surface area contributed by atoms with E-state index in [1.54, 1.807) is 6.92 Å². The fourth-order valence-electron chi connectivity index (χ4n) is 1.76. The van der Waals surface area contributed by atoms with Gasteiger partial charge in [0, 0.05) is 5.92 Å². The molecule has 0 spiro atoms. The van der Waals surface area contributed by atoms with Gasteiger partial charge < -0.3 is 0 Å². The normalized spacial score (nSPS) is 42.7. The highest BCUT2D eigenvalue weighted by atomic mass is 16.1. The quantitative estimate of drug-likeness (QED) is 0.502. The largest absolute Gasteiger partial charge is 0.299 e. The summed E-state index contributed by atoms with van der Waals surface area (Å²) in [7, 11) is 0. The van der Waals surface area contributed by atoms with Crippen LogP contribution in [0.2, 0.25) is 0 Å². The summed E-state index contributed by atoms with van der Waals surface area (Å²) in [4.78, 5) is 10.9. The van der Waals surface area contributed by atoms with Crippen LogP contribution in [0.5, 0.6) is 0 Å². The second-order valence-electron chi connectivity index (χ2n) is 3.50. The lowest BCUT2D eigenvalue weighted by atomic mass is 9.93. The Morgan fingerprint density at radius 1 is 1.40 bits per heavy atom. The smallest absolute Gasteiger partial charge is 0.136 e. The number of Topliss-reactive ketones (excluding diaryl/α,β-unsaturated/α-hetero) is 1. The predicted molar refractivity (Wildman–Crippen MR) is 39.5 cm³/mol. The summed E-state index contributed by atoms with van der Waals surface area (Å²) < 4.78 is 0. The fourth-order valence-corrected chi connectivity index (χ4v) is 1.76. The molecule has 1 heteroatoms. The van der Waals surface area contributed by atoms with Gasteiger partial charge in [-0.3, -0.25) is 4.79 Å². The number of carbonyl (C=O) groups is 1. The molecule has 0 aromatic heterocycles. The van der Waals surface area contributed by atoms with Gasteiger partial charge in [0.25, 0.3) is 0 Å². The molecule has 0 saturated heterocycles. The first-order valence-corrected chi connectivity index (χ1v) is 3.96. The lowest BCUT2D eigenvalue weighted by molar-refractivity contribution is -0.119. The van der Waals surface area contributed by atoms with Crippen molar-refractivity contribution in [3.8, 4) is 0 Å². The zero-order valence-corrected chi connectivity index (χ0v) is 6.21. The van der Waals surface area contributed by atoms with Crippen molar-refractivity contribution in [3.63, 3.8) is 0 Å². The van der Waals surface area contributed by atoms with Crippen LogP contribution in [0.3, 0.4) is 0 Å². The van der Waals surface area contributed by atoms with Crippen LogP contribution in [0, 0.1) is 17.8 Å². The Bertz CT molecular complexity index is 193. The second kappa shape index (κ2) is 1.94. The third-order valence-electron chi connectivity index (χ3n) is 2.65. The molecule has 2 unspecified atom stereocenters. The van der Waals surface area contributed by atoms with Crippen LogP contribution in [0.1, 0.15) is 19.8 Å². The first-order valence-electron chi connectivity index (χ1n) is 3.96. The SMILES string of the molecule is CC(=O)[C@@H]1C=CC2CC2C1. The van der Waals surface area contributed by atoms with E-state index >= 15 is 0 Å². The van der Waals surface area contributed by atoms with Crippen molar-refractivity contribution < 1.29 is 4.79 Å². The third kappa shape index (κ3) is 0.898. The molecule has 0 heterocycles. The Morgan fingerprint density at radius 2 is 2.20 bits per heavy atom. The van der Waals surface area contributed by atoms with E-state index in [0.717, 1.165) is 18.3 Å². The molecule has 2 aliphatic rings. The molecule has 0 N–H and O–H groups in total. The minimum atomic E-state index is 0.253. The molecule has 2 aliphatic carbocycles. The Morgan fingerprint density at radius 3 is 2.80 bits per heavy atom. The maximum Gasteiger partial charge on any atom is 0.136 e. The minimum Gasteiger partial charge on any atom is -0.299 e. The molecule has 0 aromatic rings. The third-order valence-corrected chi connectivity index (χ3v) is 2.65. The first kappa shape index (κ1) is 6.14. The van der Waals surface area contributed by atoms with Gasteiger partial charge in [0.05, 0.1) is 0 Å². The molecule has 2 rings (SSSR count). The topological polar surface area (TPSA) is 17.1 Å². The zero-order valence-electron chi connectivity index (χ0n) is 6.21. The molecule has 1 fully saturated rings. The van der Waals surface area contributed by atoms with Crippen molar-refractivity contribution >= 4 is 5.78 Å². The van der Waals surface area contributed by atoms with Crippen molar-refractivity contribution in [3.05, 3.63) is 12.2 Å². The van der Waals surface area contributed by atoms with E-state index < -0.39 is 0 Å². The highest BCUT2D eigenvalue weighted by molar-refractivity contribution is 5.80. The fraction of sp³-hybridized carbons (Fsp3) is 0.667. The second-order valence-corrected chi connectivity index (χ2v) is 3.50. The van der Waals surface area contributed by atoms with E-state index in [0.29, 0.717) is 5.78 Å². The summed E-state index contributed by atoms with van der Waals surface area (Å²) in [6, 6.07) is 0. The molecule has 0 amide bonds. The number of ketones is 1. The van der Waals surface area contributed by atoms with Gasteiger partial charge in [-0.25, -0.2) is 0 Å². The number of hydrogen-bond donors (Lipinski definition) is 0. The van der Waals surface area contributed by atoms with Crippen molar-refractivity contribution in [2.75, 3.05) is 0 Å². The monoisotopic (exact) mass is 136 g/mol. The number of fused-ring (bicyclic) bond motifs is 1. The van der Waals surface area contributed by atoms with Crippen LogP contribution >= 0.6 is 0 Å². The van der Waals surface area contributed by atoms with Crippen LogP contribution in [0.4, 0.5) is 0 Å². The molecule has 0 bridgehead atoms. The maximum atomic E-state index is 10.9. The number of allylic oxidation sites excluding steroid dienone is 2. The Labute approximate surface area is 61.1 Å². The van der Waals surface area contributed by atoms with Crippen LogP contribution < -0.4 is 0 Å². The average molecular weight is 136 g/mol. The predicted octanol–water partition coefficient (Wildman–Crippen LogP) is 1.79. The first-order chi connectivity index (χ1) is 4.77. The van der Waals surface area contributed by atoms with E-state index in [9.17, 15) is 4.79 Å². The molecule has 0 aliphatic heterocycles. The van der Waals surface area contributed by atoms with E-state index in [-0.39, 0.29) is 5.92 Å². The lowest BCUT2D eigenvalue weighted by Crippen LogP contribution is -2.11. The standard InChI is InChI=1S/C9H12O/c1-6(10)7-2-3-8-5-9(8)4-7/h2-3,7-9H,4-5H2,1H3/t7-,8?,9?/m1/s1. The van der Waals surface area contributed by atoms with Gasteiger partial charge in [0.15, 0.2) is 0 Å². The average Bonchev–Trinajstić information content (AvgIpc) is 2.63. The van der Waals surface area contributed by atoms with E-state index in [4.69, 9.17) is 0 Å². The van der Waals surface area contributed by atoms with E-state index in [1.165, 1.54) is 6.42 Å². The molecule has 54 valence electrons. The molecule has 1 nitrogen and oxygen atoms in total. The van der Waals surface area contributed by atoms with Gasteiger partial charge in [0.2, 0.25) is 0 Å². The van der Waals surface area contributed by atoms with Gasteiger partial charge in [0.1, 0.15) is 5.78 Å². The van der Waals surface area contributed by atoms with E-state index in [2.05, 4.69) is 12.2 Å². The van der Waals surface area contributed by atoms with Gasteiger partial charge in [-0.15, -0.1) is 0 Å². The van der Waals surface area contributed by atoms with Gasteiger partial charge >= 0.3 is 0 Å². The van der Waals surface area contributed by atoms with Crippen molar-refractivity contribution in [2.24, 2.45) is 17.8 Å². The highest BCUT2D eigenvalue weighted by Crippen LogP contribution is 2.47. The summed E-state index contributed by atoms with van der Waals surface area (Å²) in [5.41, 5.74) is 0. The van der Waals surface area contributed by atoms with Crippen LogP contribution in [-0.2, 0) is 4.79 Å². The Kier molecular flexibility index (Phi) is 1.19. The Hall–Kier alpha value is -0.590. The zero-order chi connectivity index (χ0) is 7.14. The van der Waals surface area contributed by atoms with Crippen molar-refractivity contribution in [1.82, 2.24) is 0 Å². The minimum absolute atomic E-state index is 0.253. The maximum absolute atomic E-state index is 10.9. The molecule has 0 radical (unpaired) electrons. The van der Waals surface area contributed by atoms with Gasteiger partial charge in [-0.05, 0) is 31.6 Å². The summed E-state index contributed by atoms with van der Waals surface area (Å²) in [6.07, 6.45) is 6.77. The number of rotatable bonds is 1. The molecular weight excluding hydrogens is 124 g/mol. The van der Waals surface area contributed by atoms with Crippen LogP contribution in [0.15, 0.2) is 12.2 Å². The summed E-state index contributed by atoms with van der Waals surface area (Å²) >= 11 is 0. The van der Waals surface area contributed by atoms with Crippen LogP contribution in [0.25, 0.3) is 0 Å². The molecule has 1 saturated carbocycles. The number of carbonyl (C=O) groups excluding carboxylic acids is 1. The number of hydrogen-bond acceptors (Lipinski definition) is 1. The summed E-state index contributed by atoms with van der Waals surface area (Å²) in [5.74, 6) is 2.29. The van der Waals surface area contributed by atoms with Gasteiger partial charge in [-0.1, -0.05) is 12.2 Å². The van der Waals surface area contributed by atoms with Gasteiger partial charge in [-0.2, -0.15) is 0 Å². The Balaban J connectivity index is 2.07. The van der Waals surface area contributed by atoms with E-state index in [1.807, 2.05) is 0 Å². The summed E-state index contributed by atoms with van der Waals surface area (Å²) in [5, 5.41) is 0. The molecule has 0 aromatic carbocycles. The van der Waals surface area contributed by atoms with Crippen molar-refractivity contribution in [1.29, 1.82) is 0 Å². The van der Waals surface area contributed by atoms with Crippen LogP contribution in [-0.4, -0.2) is 5.78 Å².